The van der Waals surface area contributed by atoms with Gasteiger partial charge in [-0.2, -0.15) is 5.26 Å². The van der Waals surface area contributed by atoms with Crippen molar-refractivity contribution in [1.82, 2.24) is 9.88 Å². The SMILES string of the molecule is N#CC1CCCN(C(=O)CSc2ccncc2)C1. The molecule has 1 fully saturated rings. The molecule has 94 valence electrons. The Morgan fingerprint density at radius 3 is 3.06 bits per heavy atom. The topological polar surface area (TPSA) is 57.0 Å². The van der Waals surface area contributed by atoms with Crippen LogP contribution in [0.25, 0.3) is 0 Å². The van der Waals surface area contributed by atoms with Gasteiger partial charge < -0.3 is 4.90 Å². The largest absolute Gasteiger partial charge is 0.341 e. The average molecular weight is 261 g/mol. The zero-order chi connectivity index (χ0) is 12.8. The lowest BCUT2D eigenvalue weighted by Gasteiger charge is -2.29. The number of hydrogen-bond donors (Lipinski definition) is 0. The second kappa shape index (κ2) is 6.41. The Labute approximate surface area is 111 Å². The summed E-state index contributed by atoms with van der Waals surface area (Å²) in [4.78, 5) is 18.8. The minimum absolute atomic E-state index is 0.00799. The smallest absolute Gasteiger partial charge is 0.232 e. The summed E-state index contributed by atoms with van der Waals surface area (Å²) in [6.07, 6.45) is 5.29. The molecule has 0 aliphatic carbocycles. The number of hydrogen-bond acceptors (Lipinski definition) is 4. The van der Waals surface area contributed by atoms with Gasteiger partial charge in [-0.05, 0) is 25.0 Å². The number of carbonyl (C=O) groups is 1. The molecule has 1 amide bonds. The van der Waals surface area contributed by atoms with Crippen molar-refractivity contribution in [2.45, 2.75) is 17.7 Å². The number of nitriles is 1. The first-order valence-electron chi connectivity index (χ1n) is 6.00. The van der Waals surface area contributed by atoms with Crippen molar-refractivity contribution in [1.29, 1.82) is 5.26 Å². The molecule has 0 N–H and O–H groups in total. The molecular formula is C13H15N3OS. The maximum Gasteiger partial charge on any atom is 0.232 e. The Morgan fingerprint density at radius 1 is 1.56 bits per heavy atom. The van der Waals surface area contributed by atoms with Crippen molar-refractivity contribution in [2.75, 3.05) is 18.8 Å². The summed E-state index contributed by atoms with van der Waals surface area (Å²) in [5.74, 6) is 0.563. The zero-order valence-corrected chi connectivity index (χ0v) is 10.9. The third-order valence-electron chi connectivity index (χ3n) is 2.97. The summed E-state index contributed by atoms with van der Waals surface area (Å²) in [7, 11) is 0. The van der Waals surface area contributed by atoms with Gasteiger partial charge in [-0.25, -0.2) is 0 Å². The van der Waals surface area contributed by atoms with E-state index < -0.39 is 0 Å². The van der Waals surface area contributed by atoms with Gasteiger partial charge in [0.15, 0.2) is 0 Å². The van der Waals surface area contributed by atoms with Crippen molar-refractivity contribution in [3.05, 3.63) is 24.5 Å². The van der Waals surface area contributed by atoms with Crippen LogP contribution in [0.3, 0.4) is 0 Å². The molecule has 1 aromatic rings. The van der Waals surface area contributed by atoms with Gasteiger partial charge in [0.1, 0.15) is 0 Å². The van der Waals surface area contributed by atoms with Crippen LogP contribution in [0.5, 0.6) is 0 Å². The molecule has 1 unspecified atom stereocenters. The molecule has 2 heterocycles. The fourth-order valence-corrected chi connectivity index (χ4v) is 2.77. The minimum Gasteiger partial charge on any atom is -0.341 e. The Morgan fingerprint density at radius 2 is 2.33 bits per heavy atom. The third-order valence-corrected chi connectivity index (χ3v) is 3.97. The van der Waals surface area contributed by atoms with Gasteiger partial charge in [0.05, 0.1) is 17.7 Å². The minimum atomic E-state index is 0.00799. The predicted octanol–water partition coefficient (Wildman–Crippen LogP) is 1.94. The lowest BCUT2D eigenvalue weighted by atomic mass is 10.00. The van der Waals surface area contributed by atoms with Crippen LogP contribution in [0.4, 0.5) is 0 Å². The Kier molecular flexibility index (Phi) is 4.59. The van der Waals surface area contributed by atoms with Crippen LogP contribution >= 0.6 is 11.8 Å². The summed E-state index contributed by atoms with van der Waals surface area (Å²) in [6.45, 7) is 1.38. The van der Waals surface area contributed by atoms with Crippen LogP contribution in [0.2, 0.25) is 0 Å². The Balaban J connectivity index is 1.83. The quantitative estimate of drug-likeness (QED) is 0.780. The highest BCUT2D eigenvalue weighted by Crippen LogP contribution is 2.20. The molecule has 1 aliphatic rings. The van der Waals surface area contributed by atoms with Crippen molar-refractivity contribution >= 4 is 17.7 Å². The maximum atomic E-state index is 12.0. The van der Waals surface area contributed by atoms with E-state index in [0.29, 0.717) is 12.3 Å². The van der Waals surface area contributed by atoms with Crippen molar-refractivity contribution in [3.63, 3.8) is 0 Å². The van der Waals surface area contributed by atoms with Gasteiger partial charge in [-0.1, -0.05) is 0 Å². The van der Waals surface area contributed by atoms with Gasteiger partial charge in [0.25, 0.3) is 0 Å². The van der Waals surface area contributed by atoms with E-state index in [1.54, 1.807) is 12.4 Å². The van der Waals surface area contributed by atoms with Crippen LogP contribution in [-0.2, 0) is 4.79 Å². The number of likely N-dealkylation sites (tertiary alicyclic amines) is 1. The highest BCUT2D eigenvalue weighted by molar-refractivity contribution is 8.00. The van der Waals surface area contributed by atoms with Crippen LogP contribution in [0.1, 0.15) is 12.8 Å². The molecule has 18 heavy (non-hydrogen) atoms. The van der Waals surface area contributed by atoms with E-state index in [1.807, 2.05) is 17.0 Å². The zero-order valence-electron chi connectivity index (χ0n) is 10.1. The number of amides is 1. The summed E-state index contributed by atoms with van der Waals surface area (Å²) in [5, 5.41) is 8.90. The number of rotatable bonds is 3. The fraction of sp³-hybridized carbons (Fsp3) is 0.462. The van der Waals surface area contributed by atoms with Gasteiger partial charge in [0.2, 0.25) is 5.91 Å². The van der Waals surface area contributed by atoms with Gasteiger partial charge in [-0.15, -0.1) is 11.8 Å². The molecule has 0 radical (unpaired) electrons. The first kappa shape index (κ1) is 12.9. The van der Waals surface area contributed by atoms with E-state index in [4.69, 9.17) is 5.26 Å². The molecule has 1 saturated heterocycles. The number of nitrogens with zero attached hydrogens (tertiary/aromatic N) is 3. The maximum absolute atomic E-state index is 12.0. The van der Waals surface area contributed by atoms with Crippen molar-refractivity contribution in [2.24, 2.45) is 5.92 Å². The lowest BCUT2D eigenvalue weighted by Crippen LogP contribution is -2.40. The molecule has 0 bridgehead atoms. The molecular weight excluding hydrogens is 246 g/mol. The van der Waals surface area contributed by atoms with Crippen molar-refractivity contribution < 1.29 is 4.79 Å². The van der Waals surface area contributed by atoms with Crippen LogP contribution in [0.15, 0.2) is 29.4 Å². The molecule has 1 aliphatic heterocycles. The molecule has 1 aromatic heterocycles. The van der Waals surface area contributed by atoms with Crippen LogP contribution in [-0.4, -0.2) is 34.6 Å². The normalized spacial score (nSPS) is 19.3. The second-order valence-electron chi connectivity index (χ2n) is 4.28. The third kappa shape index (κ3) is 3.47. The van der Waals surface area contributed by atoms with E-state index in [2.05, 4.69) is 11.1 Å². The Bertz CT molecular complexity index is 443. The summed E-state index contributed by atoms with van der Waals surface area (Å²) < 4.78 is 0. The standard InChI is InChI=1S/C13H15N3OS/c14-8-11-2-1-7-16(9-11)13(17)10-18-12-3-5-15-6-4-12/h3-6,11H,1-2,7,9-10H2. The average Bonchev–Trinajstić information content (AvgIpc) is 2.46. The summed E-state index contributed by atoms with van der Waals surface area (Å²) in [5.41, 5.74) is 0. The van der Waals surface area contributed by atoms with Crippen LogP contribution < -0.4 is 0 Å². The van der Waals surface area contributed by atoms with E-state index in [1.165, 1.54) is 11.8 Å². The molecule has 2 rings (SSSR count). The highest BCUT2D eigenvalue weighted by atomic mass is 32.2. The number of aromatic nitrogens is 1. The molecule has 1 atom stereocenters. The molecule has 4 nitrogen and oxygen atoms in total. The number of carbonyl (C=O) groups excluding carboxylic acids is 1. The molecule has 5 heteroatoms. The van der Waals surface area contributed by atoms with Crippen LogP contribution in [0, 0.1) is 17.2 Å². The highest BCUT2D eigenvalue weighted by Gasteiger charge is 2.23. The fourth-order valence-electron chi connectivity index (χ4n) is 1.98. The first-order chi connectivity index (χ1) is 8.79. The van der Waals surface area contributed by atoms with E-state index in [0.717, 1.165) is 24.3 Å². The van der Waals surface area contributed by atoms with Gasteiger partial charge in [0, 0.05) is 30.4 Å². The van der Waals surface area contributed by atoms with E-state index >= 15 is 0 Å². The predicted molar refractivity (Wildman–Crippen MR) is 69.9 cm³/mol. The van der Waals surface area contributed by atoms with E-state index in [-0.39, 0.29) is 11.8 Å². The Hall–Kier alpha value is -1.54. The number of pyridine rings is 1. The second-order valence-corrected chi connectivity index (χ2v) is 5.33. The van der Waals surface area contributed by atoms with Gasteiger partial charge >= 0.3 is 0 Å². The van der Waals surface area contributed by atoms with Crippen molar-refractivity contribution in [3.8, 4) is 6.07 Å². The van der Waals surface area contributed by atoms with E-state index in [9.17, 15) is 4.79 Å². The monoisotopic (exact) mass is 261 g/mol. The molecule has 0 saturated carbocycles. The van der Waals surface area contributed by atoms with Gasteiger partial charge in [-0.3, -0.25) is 9.78 Å². The summed E-state index contributed by atoms with van der Waals surface area (Å²) >= 11 is 1.52. The number of piperidine rings is 1. The molecule has 0 spiro atoms. The number of thioether (sulfide) groups is 1. The summed E-state index contributed by atoms with van der Waals surface area (Å²) in [6, 6.07) is 6.04. The first-order valence-corrected chi connectivity index (χ1v) is 6.98. The molecule has 0 aromatic carbocycles. The lowest BCUT2D eigenvalue weighted by molar-refractivity contribution is -0.129.